The maximum absolute atomic E-state index is 5.71. The average Bonchev–Trinajstić information content (AvgIpc) is 2.89. The van der Waals surface area contributed by atoms with Crippen molar-refractivity contribution in [2.24, 2.45) is 7.05 Å². The van der Waals surface area contributed by atoms with E-state index in [1.807, 2.05) is 30.8 Å². The monoisotopic (exact) mass is 259 g/mol. The third kappa shape index (κ3) is 1.74. The van der Waals surface area contributed by atoms with E-state index in [-0.39, 0.29) is 0 Å². The van der Waals surface area contributed by atoms with Crippen LogP contribution in [0.25, 0.3) is 21.6 Å². The van der Waals surface area contributed by atoms with E-state index in [1.165, 1.54) is 11.3 Å². The molecule has 0 aliphatic heterocycles. The van der Waals surface area contributed by atoms with Crippen LogP contribution in [0.3, 0.4) is 0 Å². The number of aromatic nitrogens is 4. The van der Waals surface area contributed by atoms with Gasteiger partial charge in [0.15, 0.2) is 16.8 Å². The summed E-state index contributed by atoms with van der Waals surface area (Å²) in [7, 11) is 1.91. The molecule has 0 unspecified atom stereocenters. The van der Waals surface area contributed by atoms with Gasteiger partial charge in [-0.05, 0) is 18.2 Å². The molecule has 3 rings (SSSR count). The van der Waals surface area contributed by atoms with Crippen LogP contribution in [0.5, 0.6) is 0 Å². The largest absolute Gasteiger partial charge is 0.375 e. The van der Waals surface area contributed by atoms with Gasteiger partial charge >= 0.3 is 0 Å². The highest BCUT2D eigenvalue weighted by Gasteiger charge is 2.10. The highest BCUT2D eigenvalue weighted by Crippen LogP contribution is 2.28. The number of hydrogen-bond donors (Lipinski definition) is 1. The molecule has 5 nitrogen and oxygen atoms in total. The van der Waals surface area contributed by atoms with Crippen molar-refractivity contribution in [3.63, 3.8) is 0 Å². The van der Waals surface area contributed by atoms with Crippen LogP contribution in [-0.2, 0) is 13.5 Å². The minimum Gasteiger partial charge on any atom is -0.375 e. The molecule has 0 fully saturated rings. The first kappa shape index (κ1) is 11.2. The molecule has 2 heterocycles. The van der Waals surface area contributed by atoms with Gasteiger partial charge in [-0.2, -0.15) is 5.10 Å². The zero-order valence-corrected chi connectivity index (χ0v) is 11.0. The van der Waals surface area contributed by atoms with Crippen molar-refractivity contribution in [1.29, 1.82) is 0 Å². The van der Waals surface area contributed by atoms with E-state index in [1.54, 1.807) is 0 Å². The minimum absolute atomic E-state index is 0.592. The number of anilines is 1. The van der Waals surface area contributed by atoms with Gasteiger partial charge in [0.25, 0.3) is 0 Å². The molecule has 0 saturated heterocycles. The molecule has 2 N–H and O–H groups in total. The van der Waals surface area contributed by atoms with Gasteiger partial charge in [0, 0.05) is 19.0 Å². The van der Waals surface area contributed by atoms with Crippen LogP contribution in [0.15, 0.2) is 18.2 Å². The summed E-state index contributed by atoms with van der Waals surface area (Å²) in [5, 5.41) is 4.95. The highest BCUT2D eigenvalue weighted by molar-refractivity contribution is 7.22. The summed E-state index contributed by atoms with van der Waals surface area (Å²) in [5.41, 5.74) is 7.68. The maximum atomic E-state index is 5.71. The van der Waals surface area contributed by atoms with E-state index in [9.17, 15) is 0 Å². The Morgan fingerprint density at radius 3 is 2.89 bits per heavy atom. The number of benzene rings is 1. The summed E-state index contributed by atoms with van der Waals surface area (Å²) in [4.78, 5) is 8.76. The Morgan fingerprint density at radius 1 is 1.33 bits per heavy atom. The van der Waals surface area contributed by atoms with Gasteiger partial charge in [0.2, 0.25) is 0 Å². The number of nitrogens with zero attached hydrogens (tertiary/aromatic N) is 4. The van der Waals surface area contributed by atoms with Crippen molar-refractivity contribution in [2.45, 2.75) is 13.3 Å². The molecule has 0 bridgehead atoms. The number of nitrogen functional groups attached to an aromatic ring is 1. The molecule has 3 aromatic rings. The third-order valence-corrected chi connectivity index (χ3v) is 3.63. The van der Waals surface area contributed by atoms with Crippen molar-refractivity contribution < 1.29 is 0 Å². The first-order valence-corrected chi connectivity index (χ1v) is 6.55. The molecule has 2 aromatic heterocycles. The van der Waals surface area contributed by atoms with E-state index in [0.29, 0.717) is 5.13 Å². The Hall–Kier alpha value is -1.95. The number of nitrogens with two attached hydrogens (primary N) is 1. The van der Waals surface area contributed by atoms with Gasteiger partial charge in [0.05, 0.1) is 10.2 Å². The van der Waals surface area contributed by atoms with Gasteiger partial charge < -0.3 is 5.73 Å². The number of hydrogen-bond acceptors (Lipinski definition) is 5. The van der Waals surface area contributed by atoms with Crippen molar-refractivity contribution >= 4 is 26.7 Å². The Bertz CT molecular complexity index is 712. The molecule has 0 saturated carbocycles. The van der Waals surface area contributed by atoms with Crippen LogP contribution in [0.2, 0.25) is 0 Å². The summed E-state index contributed by atoms with van der Waals surface area (Å²) < 4.78 is 2.88. The molecular weight excluding hydrogens is 246 g/mol. The molecule has 18 heavy (non-hydrogen) atoms. The van der Waals surface area contributed by atoms with Crippen LogP contribution < -0.4 is 5.73 Å². The van der Waals surface area contributed by atoms with Crippen LogP contribution in [0.4, 0.5) is 5.13 Å². The van der Waals surface area contributed by atoms with Gasteiger partial charge in [-0.3, -0.25) is 0 Å². The summed E-state index contributed by atoms with van der Waals surface area (Å²) in [5.74, 6) is 1.73. The lowest BCUT2D eigenvalue weighted by Gasteiger charge is -1.99. The number of rotatable bonds is 2. The van der Waals surface area contributed by atoms with E-state index in [0.717, 1.165) is 33.8 Å². The number of fused-ring (bicyclic) bond motifs is 1. The number of thiazole rings is 1. The van der Waals surface area contributed by atoms with Crippen molar-refractivity contribution in [1.82, 2.24) is 19.7 Å². The van der Waals surface area contributed by atoms with Crippen LogP contribution in [0, 0.1) is 0 Å². The molecule has 6 heteroatoms. The average molecular weight is 259 g/mol. The summed E-state index contributed by atoms with van der Waals surface area (Å²) in [6, 6.07) is 6.04. The van der Waals surface area contributed by atoms with Gasteiger partial charge in [-0.25, -0.2) is 14.6 Å². The first-order valence-electron chi connectivity index (χ1n) is 5.73. The molecule has 0 atom stereocenters. The zero-order chi connectivity index (χ0) is 12.7. The summed E-state index contributed by atoms with van der Waals surface area (Å²) in [6.07, 6.45) is 0.837. The second-order valence-corrected chi connectivity index (χ2v) is 5.13. The second kappa shape index (κ2) is 4.06. The van der Waals surface area contributed by atoms with Crippen LogP contribution >= 0.6 is 11.3 Å². The van der Waals surface area contributed by atoms with Crippen molar-refractivity contribution in [2.75, 3.05) is 5.73 Å². The SMILES string of the molecule is CCc1nc(-c2ccc3nc(N)sc3c2)n(C)n1. The molecule has 0 aliphatic carbocycles. The Balaban J connectivity index is 2.15. The topological polar surface area (TPSA) is 69.6 Å². The lowest BCUT2D eigenvalue weighted by molar-refractivity contribution is 0.753. The highest BCUT2D eigenvalue weighted by atomic mass is 32.1. The molecular formula is C12H13N5S. The number of aryl methyl sites for hydroxylation is 2. The van der Waals surface area contributed by atoms with E-state index in [4.69, 9.17) is 5.73 Å². The zero-order valence-electron chi connectivity index (χ0n) is 10.2. The standard InChI is InChI=1S/C12H13N5S/c1-3-10-15-11(17(2)16-10)7-4-5-8-9(6-7)18-12(13)14-8/h4-6H,3H2,1-2H3,(H2,13,14). The molecule has 0 radical (unpaired) electrons. The fourth-order valence-corrected chi connectivity index (χ4v) is 2.69. The minimum atomic E-state index is 0.592. The Morgan fingerprint density at radius 2 is 2.17 bits per heavy atom. The predicted molar refractivity (Wildman–Crippen MR) is 73.4 cm³/mol. The molecule has 0 amide bonds. The fourth-order valence-electron chi connectivity index (χ4n) is 1.92. The predicted octanol–water partition coefficient (Wildman–Crippen LogP) is 2.24. The smallest absolute Gasteiger partial charge is 0.181 e. The van der Waals surface area contributed by atoms with Crippen LogP contribution in [0.1, 0.15) is 12.7 Å². The van der Waals surface area contributed by atoms with E-state index >= 15 is 0 Å². The third-order valence-electron chi connectivity index (χ3n) is 2.79. The van der Waals surface area contributed by atoms with Gasteiger partial charge in [-0.1, -0.05) is 18.3 Å². The summed E-state index contributed by atoms with van der Waals surface area (Å²) in [6.45, 7) is 2.05. The van der Waals surface area contributed by atoms with Crippen molar-refractivity contribution in [3.8, 4) is 11.4 Å². The lowest BCUT2D eigenvalue weighted by Crippen LogP contribution is -1.94. The van der Waals surface area contributed by atoms with Gasteiger partial charge in [-0.15, -0.1) is 0 Å². The normalized spacial score (nSPS) is 11.2. The Kier molecular flexibility index (Phi) is 2.52. The molecule has 92 valence electrons. The summed E-state index contributed by atoms with van der Waals surface area (Å²) >= 11 is 1.49. The van der Waals surface area contributed by atoms with E-state index < -0.39 is 0 Å². The quantitative estimate of drug-likeness (QED) is 0.766. The lowest BCUT2D eigenvalue weighted by atomic mass is 10.2. The van der Waals surface area contributed by atoms with Crippen LogP contribution in [-0.4, -0.2) is 19.7 Å². The molecule has 0 spiro atoms. The van der Waals surface area contributed by atoms with E-state index in [2.05, 4.69) is 21.1 Å². The maximum Gasteiger partial charge on any atom is 0.181 e. The van der Waals surface area contributed by atoms with Gasteiger partial charge in [0.1, 0.15) is 0 Å². The second-order valence-electron chi connectivity index (χ2n) is 4.06. The first-order chi connectivity index (χ1) is 8.67. The van der Waals surface area contributed by atoms with Crippen molar-refractivity contribution in [3.05, 3.63) is 24.0 Å². The Labute approximate surface area is 108 Å². The molecule has 0 aliphatic rings. The molecule has 1 aromatic carbocycles. The fraction of sp³-hybridized carbons (Fsp3) is 0.250.